The van der Waals surface area contributed by atoms with Gasteiger partial charge in [-0.25, -0.2) is 0 Å². The molecule has 0 bridgehead atoms. The number of benzene rings is 2. The Kier molecular flexibility index (Phi) is 4.58. The molecule has 1 heteroatoms. The first-order valence-electron chi connectivity index (χ1n) is 6.04. The summed E-state index contributed by atoms with van der Waals surface area (Å²) in [4.78, 5) is 0. The van der Waals surface area contributed by atoms with E-state index in [1.165, 1.54) is 11.1 Å². The number of ether oxygens (including phenoxy) is 1. The molecule has 0 aliphatic rings. The van der Waals surface area contributed by atoms with Crippen LogP contribution in [0.15, 0.2) is 54.6 Å². The van der Waals surface area contributed by atoms with Gasteiger partial charge in [-0.15, -0.1) is 0 Å². The van der Waals surface area contributed by atoms with Crippen LogP contribution in [0, 0.1) is 11.8 Å². The highest BCUT2D eigenvalue weighted by atomic mass is 16.5. The zero-order chi connectivity index (χ0) is 12.6. The van der Waals surface area contributed by atoms with E-state index in [0.29, 0.717) is 6.61 Å². The van der Waals surface area contributed by atoms with Gasteiger partial charge in [-0.1, -0.05) is 60.4 Å². The quantitative estimate of drug-likeness (QED) is 0.582. The fraction of sp³-hybridized carbons (Fsp3) is 0.176. The third-order valence-corrected chi connectivity index (χ3v) is 2.67. The van der Waals surface area contributed by atoms with Crippen LogP contribution in [0.5, 0.6) is 0 Å². The van der Waals surface area contributed by atoms with Crippen molar-refractivity contribution in [1.82, 2.24) is 0 Å². The second-order valence-electron chi connectivity index (χ2n) is 3.96. The van der Waals surface area contributed by atoms with Crippen LogP contribution in [0.2, 0.25) is 0 Å². The van der Waals surface area contributed by atoms with Gasteiger partial charge in [-0.3, -0.25) is 0 Å². The van der Waals surface area contributed by atoms with E-state index in [1.807, 2.05) is 30.3 Å². The molecule has 0 spiro atoms. The third-order valence-electron chi connectivity index (χ3n) is 2.67. The summed E-state index contributed by atoms with van der Waals surface area (Å²) >= 11 is 0. The van der Waals surface area contributed by atoms with E-state index in [-0.39, 0.29) is 0 Å². The Balaban J connectivity index is 2.28. The summed E-state index contributed by atoms with van der Waals surface area (Å²) in [5.74, 6) is 6.35. The minimum absolute atomic E-state index is 0.681. The second-order valence-corrected chi connectivity index (χ2v) is 3.96. The SMILES string of the molecule is COCCC#Cc1ccccc1-c1ccccc1. The van der Waals surface area contributed by atoms with Crippen LogP contribution >= 0.6 is 0 Å². The van der Waals surface area contributed by atoms with Gasteiger partial charge in [0, 0.05) is 19.1 Å². The molecule has 0 amide bonds. The van der Waals surface area contributed by atoms with Crippen LogP contribution in [0.1, 0.15) is 12.0 Å². The average Bonchev–Trinajstić information content (AvgIpc) is 2.45. The van der Waals surface area contributed by atoms with Crippen LogP contribution in [0.4, 0.5) is 0 Å². The van der Waals surface area contributed by atoms with Gasteiger partial charge in [0.05, 0.1) is 6.61 Å². The van der Waals surface area contributed by atoms with Crippen molar-refractivity contribution in [2.45, 2.75) is 6.42 Å². The van der Waals surface area contributed by atoms with E-state index >= 15 is 0 Å². The Hall–Kier alpha value is -2.04. The topological polar surface area (TPSA) is 9.23 Å². The first-order chi connectivity index (χ1) is 8.92. The summed E-state index contributed by atoms with van der Waals surface area (Å²) in [7, 11) is 1.69. The molecule has 1 nitrogen and oxygen atoms in total. The lowest BCUT2D eigenvalue weighted by molar-refractivity contribution is 0.206. The summed E-state index contributed by atoms with van der Waals surface area (Å²) in [6.45, 7) is 0.681. The maximum absolute atomic E-state index is 4.99. The molecular formula is C17H16O. The minimum Gasteiger partial charge on any atom is -0.384 e. The summed E-state index contributed by atoms with van der Waals surface area (Å²) in [6, 6.07) is 18.6. The van der Waals surface area contributed by atoms with Crippen molar-refractivity contribution in [1.29, 1.82) is 0 Å². The fourth-order valence-electron chi connectivity index (χ4n) is 1.77. The van der Waals surface area contributed by atoms with Crippen LogP contribution in [0.25, 0.3) is 11.1 Å². The molecule has 0 N–H and O–H groups in total. The van der Waals surface area contributed by atoms with Gasteiger partial charge in [0.15, 0.2) is 0 Å². The minimum atomic E-state index is 0.681. The standard InChI is InChI=1S/C17H16O/c1-18-14-8-7-12-16-11-5-6-13-17(16)15-9-3-2-4-10-15/h2-6,9-11,13H,8,14H2,1H3. The Morgan fingerprint density at radius 1 is 0.944 bits per heavy atom. The molecule has 0 aromatic heterocycles. The normalized spacial score (nSPS) is 9.61. The molecular weight excluding hydrogens is 220 g/mol. The Labute approximate surface area is 108 Å². The molecule has 90 valence electrons. The maximum Gasteiger partial charge on any atom is 0.0571 e. The van der Waals surface area contributed by atoms with Crippen LogP contribution in [0.3, 0.4) is 0 Å². The molecule has 2 aromatic rings. The van der Waals surface area contributed by atoms with E-state index < -0.39 is 0 Å². The Morgan fingerprint density at radius 3 is 2.44 bits per heavy atom. The van der Waals surface area contributed by atoms with Crippen molar-refractivity contribution in [3.05, 3.63) is 60.2 Å². The smallest absolute Gasteiger partial charge is 0.0571 e. The first-order valence-corrected chi connectivity index (χ1v) is 6.04. The van der Waals surface area contributed by atoms with Crippen LogP contribution in [-0.2, 0) is 4.74 Å². The molecule has 0 atom stereocenters. The van der Waals surface area contributed by atoms with Crippen molar-refractivity contribution in [2.75, 3.05) is 13.7 Å². The Morgan fingerprint density at radius 2 is 1.67 bits per heavy atom. The molecule has 0 saturated carbocycles. The number of methoxy groups -OCH3 is 1. The van der Waals surface area contributed by atoms with Gasteiger partial charge in [-0.05, 0) is 17.2 Å². The van der Waals surface area contributed by atoms with Crippen molar-refractivity contribution < 1.29 is 4.74 Å². The van der Waals surface area contributed by atoms with E-state index in [1.54, 1.807) is 7.11 Å². The monoisotopic (exact) mass is 236 g/mol. The predicted octanol–water partition coefficient (Wildman–Crippen LogP) is 3.74. The molecule has 0 heterocycles. The zero-order valence-corrected chi connectivity index (χ0v) is 10.5. The van der Waals surface area contributed by atoms with Gasteiger partial charge in [0.2, 0.25) is 0 Å². The molecule has 0 unspecified atom stereocenters. The van der Waals surface area contributed by atoms with Crippen molar-refractivity contribution in [2.24, 2.45) is 0 Å². The van der Waals surface area contributed by atoms with Gasteiger partial charge < -0.3 is 4.74 Å². The predicted molar refractivity (Wildman–Crippen MR) is 75.2 cm³/mol. The lowest BCUT2D eigenvalue weighted by Crippen LogP contribution is -1.86. The van der Waals surface area contributed by atoms with Crippen molar-refractivity contribution >= 4 is 0 Å². The summed E-state index contributed by atoms with van der Waals surface area (Å²) in [5.41, 5.74) is 3.46. The van der Waals surface area contributed by atoms with Gasteiger partial charge >= 0.3 is 0 Å². The van der Waals surface area contributed by atoms with E-state index in [0.717, 1.165) is 12.0 Å². The summed E-state index contributed by atoms with van der Waals surface area (Å²) in [6.07, 6.45) is 0.764. The van der Waals surface area contributed by atoms with Crippen LogP contribution < -0.4 is 0 Å². The van der Waals surface area contributed by atoms with E-state index in [2.05, 4.69) is 36.1 Å². The molecule has 0 aliphatic heterocycles. The fourth-order valence-corrected chi connectivity index (χ4v) is 1.77. The summed E-state index contributed by atoms with van der Waals surface area (Å²) < 4.78 is 4.99. The van der Waals surface area contributed by atoms with Crippen LogP contribution in [-0.4, -0.2) is 13.7 Å². The van der Waals surface area contributed by atoms with Gasteiger partial charge in [0.25, 0.3) is 0 Å². The average molecular weight is 236 g/mol. The molecule has 2 aromatic carbocycles. The first kappa shape index (κ1) is 12.4. The maximum atomic E-state index is 4.99. The largest absolute Gasteiger partial charge is 0.384 e. The molecule has 2 rings (SSSR count). The second kappa shape index (κ2) is 6.64. The lowest BCUT2D eigenvalue weighted by Gasteiger charge is -2.04. The summed E-state index contributed by atoms with van der Waals surface area (Å²) in [5, 5.41) is 0. The molecule has 0 fully saturated rings. The molecule has 0 saturated heterocycles. The van der Waals surface area contributed by atoms with Crippen molar-refractivity contribution in [3.8, 4) is 23.0 Å². The van der Waals surface area contributed by atoms with Gasteiger partial charge in [0.1, 0.15) is 0 Å². The zero-order valence-electron chi connectivity index (χ0n) is 10.5. The molecule has 0 radical (unpaired) electrons. The molecule has 18 heavy (non-hydrogen) atoms. The van der Waals surface area contributed by atoms with E-state index in [9.17, 15) is 0 Å². The van der Waals surface area contributed by atoms with Crippen molar-refractivity contribution in [3.63, 3.8) is 0 Å². The Bertz CT molecular complexity index is 547. The number of hydrogen-bond donors (Lipinski definition) is 0. The lowest BCUT2D eigenvalue weighted by atomic mass is 10.00. The highest BCUT2D eigenvalue weighted by molar-refractivity contribution is 5.70. The van der Waals surface area contributed by atoms with E-state index in [4.69, 9.17) is 4.74 Å². The molecule has 0 aliphatic carbocycles. The highest BCUT2D eigenvalue weighted by Crippen LogP contribution is 2.22. The number of hydrogen-bond acceptors (Lipinski definition) is 1. The third kappa shape index (κ3) is 3.23. The number of rotatable bonds is 3. The van der Waals surface area contributed by atoms with Gasteiger partial charge in [-0.2, -0.15) is 0 Å². The highest BCUT2D eigenvalue weighted by Gasteiger charge is 2.00.